The van der Waals surface area contributed by atoms with Crippen molar-refractivity contribution in [1.82, 2.24) is 29.6 Å². The van der Waals surface area contributed by atoms with E-state index in [-0.39, 0.29) is 0 Å². The number of pyridine rings is 1. The molecule has 3 N–H and O–H groups in total. The summed E-state index contributed by atoms with van der Waals surface area (Å²) in [7, 11) is 2.02. The molecular formula is C31H35N7. The van der Waals surface area contributed by atoms with Gasteiger partial charge in [0.05, 0.1) is 11.2 Å². The van der Waals surface area contributed by atoms with Gasteiger partial charge < -0.3 is 11.1 Å². The van der Waals surface area contributed by atoms with E-state index in [2.05, 4.69) is 69.0 Å². The van der Waals surface area contributed by atoms with Crippen molar-refractivity contribution >= 4 is 22.2 Å². The van der Waals surface area contributed by atoms with Crippen molar-refractivity contribution < 1.29 is 0 Å². The molecule has 0 radical (unpaired) electrons. The molecule has 7 nitrogen and oxygen atoms in total. The van der Waals surface area contributed by atoms with Crippen LogP contribution in [0.1, 0.15) is 37.9 Å². The fourth-order valence-corrected chi connectivity index (χ4v) is 5.73. The average Bonchev–Trinajstić information content (AvgIpc) is 3.31. The maximum absolute atomic E-state index is 6.45. The van der Waals surface area contributed by atoms with Gasteiger partial charge in [0.25, 0.3) is 0 Å². The first-order chi connectivity index (χ1) is 18.7. The number of imidazole rings is 1. The van der Waals surface area contributed by atoms with Gasteiger partial charge >= 0.3 is 0 Å². The molecule has 1 saturated carbocycles. The number of nitrogen functional groups attached to an aromatic ring is 1. The van der Waals surface area contributed by atoms with E-state index >= 15 is 0 Å². The second-order valence-corrected chi connectivity index (χ2v) is 10.3. The van der Waals surface area contributed by atoms with E-state index in [0.29, 0.717) is 17.8 Å². The molecule has 2 aromatic carbocycles. The van der Waals surface area contributed by atoms with Crippen molar-refractivity contribution in [2.75, 3.05) is 32.4 Å². The molecule has 38 heavy (non-hydrogen) atoms. The molecule has 0 bridgehead atoms. The first-order valence-electron chi connectivity index (χ1n) is 13.6. The van der Waals surface area contributed by atoms with Crippen molar-refractivity contribution in [3.8, 4) is 22.5 Å². The van der Waals surface area contributed by atoms with Crippen LogP contribution in [0.2, 0.25) is 0 Å². The molecule has 7 heteroatoms. The van der Waals surface area contributed by atoms with E-state index in [9.17, 15) is 0 Å². The Morgan fingerprint density at radius 1 is 1.00 bits per heavy atom. The van der Waals surface area contributed by atoms with Crippen molar-refractivity contribution in [3.05, 3.63) is 78.9 Å². The Labute approximate surface area is 223 Å². The molecule has 0 atom stereocenters. The van der Waals surface area contributed by atoms with Crippen molar-refractivity contribution in [2.45, 2.75) is 38.1 Å². The molecule has 1 aliphatic carbocycles. The summed E-state index contributed by atoms with van der Waals surface area (Å²) in [5.74, 6) is 1.99. The van der Waals surface area contributed by atoms with Crippen LogP contribution in [0.4, 0.5) is 5.82 Å². The third-order valence-corrected chi connectivity index (χ3v) is 7.80. The first-order valence-corrected chi connectivity index (χ1v) is 13.6. The lowest BCUT2D eigenvalue weighted by Gasteiger charge is -2.42. The molecule has 5 aromatic rings. The lowest BCUT2D eigenvalue weighted by molar-refractivity contribution is 0.107. The monoisotopic (exact) mass is 505 g/mol. The van der Waals surface area contributed by atoms with Gasteiger partial charge in [-0.25, -0.2) is 15.0 Å². The number of likely N-dealkylation sites (N-methyl/N-ethyl adjacent to an activating group) is 1. The van der Waals surface area contributed by atoms with Crippen LogP contribution < -0.4 is 11.1 Å². The number of nitrogens with two attached hydrogens (primary N) is 1. The predicted molar refractivity (Wildman–Crippen MR) is 155 cm³/mol. The minimum Gasteiger partial charge on any atom is -0.382 e. The summed E-state index contributed by atoms with van der Waals surface area (Å²) in [6.45, 7) is 5.50. The maximum atomic E-state index is 6.45. The molecule has 1 fully saturated rings. The smallest absolute Gasteiger partial charge is 0.150 e. The largest absolute Gasteiger partial charge is 0.382 e. The van der Waals surface area contributed by atoms with E-state index in [1.807, 2.05) is 31.4 Å². The third kappa shape index (κ3) is 4.52. The van der Waals surface area contributed by atoms with E-state index in [0.717, 1.165) is 77.2 Å². The highest BCUT2D eigenvalue weighted by atomic mass is 15.2. The highest BCUT2D eigenvalue weighted by Crippen LogP contribution is 2.42. The summed E-state index contributed by atoms with van der Waals surface area (Å²) < 4.78 is 2.16. The van der Waals surface area contributed by atoms with Gasteiger partial charge in [0, 0.05) is 54.0 Å². The molecule has 0 spiro atoms. The molecule has 194 valence electrons. The maximum Gasteiger partial charge on any atom is 0.150 e. The molecule has 0 unspecified atom stereocenters. The highest BCUT2D eigenvalue weighted by Gasteiger charge is 2.37. The fraction of sp³-hybridized carbons (Fsp3) is 0.323. The van der Waals surface area contributed by atoms with Crippen LogP contribution >= 0.6 is 0 Å². The Kier molecular flexibility index (Phi) is 6.79. The van der Waals surface area contributed by atoms with Crippen LogP contribution in [-0.4, -0.2) is 57.0 Å². The Morgan fingerprint density at radius 2 is 1.82 bits per heavy atom. The van der Waals surface area contributed by atoms with Gasteiger partial charge in [0.1, 0.15) is 22.9 Å². The van der Waals surface area contributed by atoms with Crippen LogP contribution in [0.25, 0.3) is 38.9 Å². The van der Waals surface area contributed by atoms with Gasteiger partial charge in [-0.1, -0.05) is 55.5 Å². The first kappa shape index (κ1) is 24.5. The summed E-state index contributed by atoms with van der Waals surface area (Å²) in [5.41, 5.74) is 12.2. The number of hydrogen-bond donors (Lipinski definition) is 2. The number of rotatable bonds is 9. The number of benzene rings is 2. The number of nitrogens with one attached hydrogen (secondary N) is 1. The zero-order valence-electron chi connectivity index (χ0n) is 22.1. The predicted octanol–water partition coefficient (Wildman–Crippen LogP) is 5.37. The van der Waals surface area contributed by atoms with Gasteiger partial charge in [-0.3, -0.25) is 9.30 Å². The highest BCUT2D eigenvalue weighted by molar-refractivity contribution is 5.91. The quantitative estimate of drug-likeness (QED) is 0.280. The summed E-state index contributed by atoms with van der Waals surface area (Å²) in [4.78, 5) is 17.2. The molecule has 3 heterocycles. The molecule has 0 aliphatic heterocycles. The minimum absolute atomic E-state index is 0.403. The molecule has 0 saturated heterocycles. The Morgan fingerprint density at radius 3 is 2.61 bits per heavy atom. The third-order valence-electron chi connectivity index (χ3n) is 7.80. The van der Waals surface area contributed by atoms with Crippen LogP contribution in [0.5, 0.6) is 0 Å². The number of hydrogen-bond acceptors (Lipinski definition) is 6. The SMILES string of the molecule is CCCN(CCNC)[C@H]1C[C@@H](c2nc(-c3ccc4ccc(-c5ccccc5)nc4c3)c3c(N)nccn32)C1. The van der Waals surface area contributed by atoms with E-state index in [4.69, 9.17) is 15.7 Å². The zero-order chi connectivity index (χ0) is 26.1. The number of aromatic nitrogens is 4. The van der Waals surface area contributed by atoms with Gasteiger partial charge in [-0.2, -0.15) is 0 Å². The van der Waals surface area contributed by atoms with Crippen molar-refractivity contribution in [3.63, 3.8) is 0 Å². The van der Waals surface area contributed by atoms with Crippen LogP contribution in [0.15, 0.2) is 73.1 Å². The van der Waals surface area contributed by atoms with Gasteiger partial charge in [0.15, 0.2) is 0 Å². The topological polar surface area (TPSA) is 84.4 Å². The lowest BCUT2D eigenvalue weighted by atomic mass is 9.78. The molecular weight excluding hydrogens is 470 g/mol. The van der Waals surface area contributed by atoms with Gasteiger partial charge in [-0.05, 0) is 45.0 Å². The van der Waals surface area contributed by atoms with E-state index in [1.54, 1.807) is 6.20 Å². The zero-order valence-corrected chi connectivity index (χ0v) is 22.1. The Balaban J connectivity index is 1.35. The standard InChI is InChI=1S/C31H35N7/c1-3-15-37(16-13-33-2)25-18-24(19-25)31-36-28(29-30(32)34-14-17-38(29)31)23-10-9-22-11-12-26(35-27(22)20-23)21-7-5-4-6-8-21/h4-12,14,17,20,24-25,33H,3,13,15-16,18-19H2,1-2H3,(H2,32,34)/t24-,25+. The summed E-state index contributed by atoms with van der Waals surface area (Å²) >= 11 is 0. The van der Waals surface area contributed by atoms with Crippen molar-refractivity contribution in [1.29, 1.82) is 0 Å². The van der Waals surface area contributed by atoms with Crippen LogP contribution in [0, 0.1) is 0 Å². The molecule has 1 aliphatic rings. The van der Waals surface area contributed by atoms with E-state index in [1.165, 1.54) is 6.42 Å². The normalized spacial score (nSPS) is 17.3. The number of anilines is 1. The van der Waals surface area contributed by atoms with Gasteiger partial charge in [0.2, 0.25) is 0 Å². The van der Waals surface area contributed by atoms with Gasteiger partial charge in [-0.15, -0.1) is 0 Å². The van der Waals surface area contributed by atoms with Crippen LogP contribution in [-0.2, 0) is 0 Å². The van der Waals surface area contributed by atoms with Crippen molar-refractivity contribution in [2.24, 2.45) is 0 Å². The Bertz CT molecular complexity index is 1550. The molecule has 6 rings (SSSR count). The summed E-state index contributed by atoms with van der Waals surface area (Å²) in [6.07, 6.45) is 7.18. The van der Waals surface area contributed by atoms with E-state index < -0.39 is 0 Å². The fourth-order valence-electron chi connectivity index (χ4n) is 5.73. The number of nitrogens with zero attached hydrogens (tertiary/aromatic N) is 5. The average molecular weight is 506 g/mol. The molecule has 0 amide bonds. The Hall–Kier alpha value is -3.81. The lowest BCUT2D eigenvalue weighted by Crippen LogP contribution is -2.46. The molecule has 3 aromatic heterocycles. The van der Waals surface area contributed by atoms with Crippen LogP contribution in [0.3, 0.4) is 0 Å². The second-order valence-electron chi connectivity index (χ2n) is 10.3. The number of fused-ring (bicyclic) bond motifs is 2. The second kappa shape index (κ2) is 10.5. The summed E-state index contributed by atoms with van der Waals surface area (Å²) in [6, 6.07) is 21.5. The summed E-state index contributed by atoms with van der Waals surface area (Å²) in [5, 5.41) is 4.40. The minimum atomic E-state index is 0.403.